The normalized spacial score (nSPS) is 12.2. The van der Waals surface area contributed by atoms with Gasteiger partial charge in [0.25, 0.3) is 0 Å². The van der Waals surface area contributed by atoms with E-state index in [0.717, 1.165) is 11.3 Å². The smallest absolute Gasteiger partial charge is 0.244 e. The Bertz CT molecular complexity index is 804. The van der Waals surface area contributed by atoms with Crippen molar-refractivity contribution in [3.05, 3.63) is 53.1 Å². The summed E-state index contributed by atoms with van der Waals surface area (Å²) in [5, 5.41) is 3.20. The summed E-state index contributed by atoms with van der Waals surface area (Å²) in [5.41, 5.74) is 0.754. The molecule has 0 radical (unpaired) electrons. The van der Waals surface area contributed by atoms with Gasteiger partial charge in [-0.3, -0.25) is 4.79 Å². The summed E-state index contributed by atoms with van der Waals surface area (Å²) in [6.45, 7) is 0.899. The molecule has 136 valence electrons. The van der Waals surface area contributed by atoms with Crippen LogP contribution in [0.5, 0.6) is 23.0 Å². The molecule has 2 aromatic carbocycles. The number of methoxy groups -OCH3 is 1. The first-order chi connectivity index (χ1) is 12.7. The van der Waals surface area contributed by atoms with E-state index in [9.17, 15) is 4.79 Å². The molecule has 0 bridgehead atoms. The molecule has 2 aromatic rings. The van der Waals surface area contributed by atoms with Crippen molar-refractivity contribution in [2.45, 2.75) is 0 Å². The lowest BCUT2D eigenvalue weighted by Gasteiger charge is -2.07. The van der Waals surface area contributed by atoms with Crippen LogP contribution in [0, 0.1) is 0 Å². The van der Waals surface area contributed by atoms with Crippen LogP contribution in [0.3, 0.4) is 0 Å². The quantitative estimate of drug-likeness (QED) is 0.594. The highest BCUT2D eigenvalue weighted by molar-refractivity contribution is 6.32. The van der Waals surface area contributed by atoms with Crippen molar-refractivity contribution >= 4 is 23.6 Å². The summed E-state index contributed by atoms with van der Waals surface area (Å²) in [7, 11) is 1.61. The number of carbonyl (C=O) groups is 1. The van der Waals surface area contributed by atoms with E-state index in [4.69, 9.17) is 30.5 Å². The first-order valence-electron chi connectivity index (χ1n) is 7.97. The molecule has 6 nitrogen and oxygen atoms in total. The number of nitrogens with one attached hydrogen (secondary N) is 1. The topological polar surface area (TPSA) is 66.0 Å². The van der Waals surface area contributed by atoms with Crippen LogP contribution in [0.2, 0.25) is 5.02 Å². The maximum atomic E-state index is 11.9. The SMILES string of the molecule is COc1ccc(OCCNC(=O)/C=C/c2cc(Cl)c3c(c2)OCO3)cc1. The Morgan fingerprint density at radius 1 is 1.23 bits per heavy atom. The fraction of sp³-hybridized carbons (Fsp3) is 0.211. The second kappa shape index (κ2) is 8.49. The molecule has 0 spiro atoms. The summed E-state index contributed by atoms with van der Waals surface area (Å²) >= 11 is 6.11. The summed E-state index contributed by atoms with van der Waals surface area (Å²) in [6, 6.07) is 10.7. The lowest BCUT2D eigenvalue weighted by Crippen LogP contribution is -2.26. The molecule has 0 saturated carbocycles. The fourth-order valence-corrected chi connectivity index (χ4v) is 2.60. The first kappa shape index (κ1) is 17.9. The highest BCUT2D eigenvalue weighted by atomic mass is 35.5. The summed E-state index contributed by atoms with van der Waals surface area (Å²) in [6.07, 6.45) is 3.09. The predicted molar refractivity (Wildman–Crippen MR) is 98.1 cm³/mol. The van der Waals surface area contributed by atoms with Crippen molar-refractivity contribution in [2.24, 2.45) is 0 Å². The van der Waals surface area contributed by atoms with Gasteiger partial charge in [0.2, 0.25) is 12.7 Å². The minimum Gasteiger partial charge on any atom is -0.497 e. The molecule has 7 heteroatoms. The minimum atomic E-state index is -0.225. The molecule has 1 aliphatic heterocycles. The Morgan fingerprint density at radius 2 is 2.00 bits per heavy atom. The molecule has 1 amide bonds. The van der Waals surface area contributed by atoms with Crippen LogP contribution < -0.4 is 24.3 Å². The van der Waals surface area contributed by atoms with Gasteiger partial charge in [-0.15, -0.1) is 0 Å². The van der Waals surface area contributed by atoms with Gasteiger partial charge in [0.1, 0.15) is 18.1 Å². The Hall–Kier alpha value is -2.86. The molecular formula is C19H18ClNO5. The molecule has 1 N–H and O–H groups in total. The van der Waals surface area contributed by atoms with E-state index in [1.165, 1.54) is 6.08 Å². The molecule has 1 heterocycles. The van der Waals surface area contributed by atoms with Crippen molar-refractivity contribution in [3.63, 3.8) is 0 Å². The molecular weight excluding hydrogens is 358 g/mol. The van der Waals surface area contributed by atoms with E-state index < -0.39 is 0 Å². The Morgan fingerprint density at radius 3 is 2.77 bits per heavy atom. The minimum absolute atomic E-state index is 0.150. The third-order valence-electron chi connectivity index (χ3n) is 3.61. The van der Waals surface area contributed by atoms with Crippen LogP contribution in [-0.2, 0) is 4.79 Å². The van der Waals surface area contributed by atoms with Gasteiger partial charge in [-0.05, 0) is 48.0 Å². The van der Waals surface area contributed by atoms with E-state index >= 15 is 0 Å². The molecule has 0 aliphatic carbocycles. The average Bonchev–Trinajstić information content (AvgIpc) is 3.13. The monoisotopic (exact) mass is 375 g/mol. The van der Waals surface area contributed by atoms with Gasteiger partial charge in [-0.1, -0.05) is 11.6 Å². The van der Waals surface area contributed by atoms with Crippen molar-refractivity contribution in [1.82, 2.24) is 5.32 Å². The van der Waals surface area contributed by atoms with E-state index in [-0.39, 0.29) is 12.7 Å². The zero-order valence-electron chi connectivity index (χ0n) is 14.2. The van der Waals surface area contributed by atoms with Crippen molar-refractivity contribution in [3.8, 4) is 23.0 Å². The number of carbonyl (C=O) groups excluding carboxylic acids is 1. The van der Waals surface area contributed by atoms with Crippen LogP contribution in [-0.4, -0.2) is 33.0 Å². The van der Waals surface area contributed by atoms with E-state index in [0.29, 0.717) is 35.4 Å². The van der Waals surface area contributed by atoms with Crippen molar-refractivity contribution in [1.29, 1.82) is 0 Å². The highest BCUT2D eigenvalue weighted by Gasteiger charge is 2.17. The Balaban J connectivity index is 1.44. The number of hydrogen-bond donors (Lipinski definition) is 1. The number of ether oxygens (including phenoxy) is 4. The largest absolute Gasteiger partial charge is 0.497 e. The van der Waals surface area contributed by atoms with Crippen molar-refractivity contribution in [2.75, 3.05) is 27.1 Å². The number of benzene rings is 2. The van der Waals surface area contributed by atoms with E-state index in [1.807, 2.05) is 24.3 Å². The van der Waals surface area contributed by atoms with Crippen LogP contribution in [0.25, 0.3) is 6.08 Å². The molecule has 0 aromatic heterocycles. The number of amides is 1. The Labute approximate surface area is 156 Å². The van der Waals surface area contributed by atoms with Gasteiger partial charge in [-0.2, -0.15) is 0 Å². The van der Waals surface area contributed by atoms with Crippen LogP contribution in [0.15, 0.2) is 42.5 Å². The predicted octanol–water partition coefficient (Wildman–Crippen LogP) is 3.29. The molecule has 0 saturated heterocycles. The number of halogens is 1. The summed E-state index contributed by atoms with van der Waals surface area (Å²) in [4.78, 5) is 11.9. The first-order valence-corrected chi connectivity index (χ1v) is 8.35. The molecule has 26 heavy (non-hydrogen) atoms. The molecule has 0 unspecified atom stereocenters. The molecule has 0 fully saturated rings. The van der Waals surface area contributed by atoms with Gasteiger partial charge in [0.05, 0.1) is 18.7 Å². The highest BCUT2D eigenvalue weighted by Crippen LogP contribution is 2.40. The second-order valence-electron chi connectivity index (χ2n) is 5.38. The van der Waals surface area contributed by atoms with Gasteiger partial charge < -0.3 is 24.3 Å². The lowest BCUT2D eigenvalue weighted by molar-refractivity contribution is -0.116. The number of fused-ring (bicyclic) bond motifs is 1. The standard InChI is InChI=1S/C19H18ClNO5/c1-23-14-3-5-15(6-4-14)24-9-8-21-18(22)7-2-13-10-16(20)19-17(11-13)25-12-26-19/h2-7,10-11H,8-9,12H2,1H3,(H,21,22)/b7-2+. The number of rotatable bonds is 7. The van der Waals surface area contributed by atoms with Crippen LogP contribution in [0.4, 0.5) is 0 Å². The van der Waals surface area contributed by atoms with Crippen molar-refractivity contribution < 1.29 is 23.7 Å². The van der Waals surface area contributed by atoms with Crippen LogP contribution >= 0.6 is 11.6 Å². The maximum Gasteiger partial charge on any atom is 0.244 e. The Kier molecular flexibility index (Phi) is 5.86. The van der Waals surface area contributed by atoms with Crippen LogP contribution in [0.1, 0.15) is 5.56 Å². The second-order valence-corrected chi connectivity index (χ2v) is 5.79. The third-order valence-corrected chi connectivity index (χ3v) is 3.89. The van der Waals surface area contributed by atoms with Gasteiger partial charge in [0, 0.05) is 6.08 Å². The van der Waals surface area contributed by atoms with Gasteiger partial charge >= 0.3 is 0 Å². The lowest BCUT2D eigenvalue weighted by atomic mass is 10.2. The van der Waals surface area contributed by atoms with E-state index in [1.54, 1.807) is 25.3 Å². The summed E-state index contributed by atoms with van der Waals surface area (Å²) < 4.78 is 21.2. The third kappa shape index (κ3) is 4.61. The average molecular weight is 376 g/mol. The fourth-order valence-electron chi connectivity index (χ4n) is 2.33. The zero-order chi connectivity index (χ0) is 18.4. The van der Waals surface area contributed by atoms with E-state index in [2.05, 4.69) is 5.32 Å². The number of hydrogen-bond acceptors (Lipinski definition) is 5. The summed E-state index contributed by atoms with van der Waals surface area (Å²) in [5.74, 6) is 2.36. The zero-order valence-corrected chi connectivity index (χ0v) is 14.9. The van der Waals surface area contributed by atoms with Gasteiger partial charge in [0.15, 0.2) is 11.5 Å². The van der Waals surface area contributed by atoms with Gasteiger partial charge in [-0.25, -0.2) is 0 Å². The molecule has 1 aliphatic rings. The molecule has 0 atom stereocenters. The molecule has 3 rings (SSSR count). The maximum absolute atomic E-state index is 11.9.